The fourth-order valence-corrected chi connectivity index (χ4v) is 3.61. The van der Waals surface area contributed by atoms with E-state index < -0.39 is 0 Å². The fraction of sp³-hybridized carbons (Fsp3) is 0.750. The van der Waals surface area contributed by atoms with E-state index in [1.54, 1.807) is 0 Å². The van der Waals surface area contributed by atoms with Gasteiger partial charge in [-0.25, -0.2) is 0 Å². The second-order valence-corrected chi connectivity index (χ2v) is 5.57. The Morgan fingerprint density at radius 1 is 1.21 bits per heavy atom. The van der Waals surface area contributed by atoms with Gasteiger partial charge in [-0.3, -0.25) is 4.79 Å². The summed E-state index contributed by atoms with van der Waals surface area (Å²) in [5.41, 5.74) is 1.28. The van der Waals surface area contributed by atoms with E-state index in [4.69, 9.17) is 0 Å². The van der Waals surface area contributed by atoms with Crippen LogP contribution in [0.5, 0.6) is 0 Å². The van der Waals surface area contributed by atoms with Crippen LogP contribution < -0.4 is 0 Å². The molecular formula is C12H17NO. The highest BCUT2D eigenvalue weighted by molar-refractivity contribution is 5.87. The molecule has 14 heavy (non-hydrogen) atoms. The molecule has 2 nitrogen and oxygen atoms in total. The van der Waals surface area contributed by atoms with E-state index in [0.717, 1.165) is 18.5 Å². The van der Waals surface area contributed by atoms with E-state index in [1.165, 1.54) is 38.2 Å². The van der Waals surface area contributed by atoms with Crippen molar-refractivity contribution in [1.29, 1.82) is 0 Å². The van der Waals surface area contributed by atoms with Crippen molar-refractivity contribution in [3.8, 4) is 0 Å². The molecule has 2 aliphatic carbocycles. The van der Waals surface area contributed by atoms with Crippen LogP contribution in [-0.4, -0.2) is 23.9 Å². The standard InChI is InChI=1S/C12H17NO/c1-2-10(14)13-6-5-12(9-13)7-11(8-12)3-4-11/h2H,1,3-9H2. The van der Waals surface area contributed by atoms with E-state index >= 15 is 0 Å². The Morgan fingerprint density at radius 2 is 1.93 bits per heavy atom. The summed E-state index contributed by atoms with van der Waals surface area (Å²) < 4.78 is 0. The van der Waals surface area contributed by atoms with Gasteiger partial charge in [0.1, 0.15) is 0 Å². The van der Waals surface area contributed by atoms with Gasteiger partial charge in [-0.2, -0.15) is 0 Å². The third-order valence-corrected chi connectivity index (χ3v) is 4.38. The van der Waals surface area contributed by atoms with Crippen LogP contribution in [-0.2, 0) is 4.79 Å². The molecule has 0 atom stereocenters. The summed E-state index contributed by atoms with van der Waals surface area (Å²) in [5.74, 6) is 0.124. The molecule has 1 amide bonds. The third-order valence-electron chi connectivity index (χ3n) is 4.38. The summed E-state index contributed by atoms with van der Waals surface area (Å²) in [6.45, 7) is 5.51. The predicted octanol–water partition coefficient (Wildman–Crippen LogP) is 1.97. The molecule has 76 valence electrons. The fourth-order valence-electron chi connectivity index (χ4n) is 3.61. The monoisotopic (exact) mass is 191 g/mol. The number of nitrogens with zero attached hydrogens (tertiary/aromatic N) is 1. The topological polar surface area (TPSA) is 20.3 Å². The molecule has 1 heterocycles. The lowest BCUT2D eigenvalue weighted by Gasteiger charge is -2.46. The molecule has 2 spiro atoms. The summed E-state index contributed by atoms with van der Waals surface area (Å²) in [7, 11) is 0. The Bertz CT molecular complexity index is 295. The first kappa shape index (κ1) is 8.51. The van der Waals surface area contributed by atoms with Gasteiger partial charge in [0.05, 0.1) is 0 Å². The average Bonchev–Trinajstić information content (AvgIpc) is 2.76. The lowest BCUT2D eigenvalue weighted by Crippen LogP contribution is -2.41. The smallest absolute Gasteiger partial charge is 0.245 e. The van der Waals surface area contributed by atoms with Gasteiger partial charge in [0.15, 0.2) is 0 Å². The quantitative estimate of drug-likeness (QED) is 0.580. The van der Waals surface area contributed by atoms with Gasteiger partial charge in [0.25, 0.3) is 0 Å². The molecular weight excluding hydrogens is 174 g/mol. The lowest BCUT2D eigenvalue weighted by atomic mass is 9.59. The van der Waals surface area contributed by atoms with Gasteiger partial charge in [-0.1, -0.05) is 6.58 Å². The molecule has 0 aromatic carbocycles. The van der Waals surface area contributed by atoms with Crippen molar-refractivity contribution in [2.75, 3.05) is 13.1 Å². The Kier molecular flexibility index (Phi) is 1.47. The van der Waals surface area contributed by atoms with Crippen LogP contribution in [0.15, 0.2) is 12.7 Å². The molecule has 3 aliphatic rings. The van der Waals surface area contributed by atoms with Gasteiger partial charge >= 0.3 is 0 Å². The van der Waals surface area contributed by atoms with Crippen LogP contribution in [0.1, 0.15) is 32.1 Å². The first-order chi connectivity index (χ1) is 6.67. The Labute approximate surface area is 85.0 Å². The molecule has 0 aromatic rings. The van der Waals surface area contributed by atoms with Crippen LogP contribution in [0.25, 0.3) is 0 Å². The number of hydrogen-bond donors (Lipinski definition) is 0. The van der Waals surface area contributed by atoms with Crippen molar-refractivity contribution in [3.63, 3.8) is 0 Å². The van der Waals surface area contributed by atoms with Gasteiger partial charge in [-0.15, -0.1) is 0 Å². The zero-order valence-corrected chi connectivity index (χ0v) is 8.59. The number of amides is 1. The van der Waals surface area contributed by atoms with Crippen molar-refractivity contribution < 1.29 is 4.79 Å². The molecule has 3 fully saturated rings. The minimum atomic E-state index is 0.124. The maximum Gasteiger partial charge on any atom is 0.245 e. The van der Waals surface area contributed by atoms with Crippen LogP contribution in [0, 0.1) is 10.8 Å². The number of carbonyl (C=O) groups is 1. The zero-order chi connectivity index (χ0) is 9.81. The average molecular weight is 191 g/mol. The lowest BCUT2D eigenvalue weighted by molar-refractivity contribution is -0.126. The van der Waals surface area contributed by atoms with E-state index in [2.05, 4.69) is 6.58 Å². The maximum atomic E-state index is 11.4. The molecule has 0 unspecified atom stereocenters. The van der Waals surface area contributed by atoms with Gasteiger partial charge < -0.3 is 4.90 Å². The highest BCUT2D eigenvalue weighted by Gasteiger charge is 2.62. The molecule has 2 saturated carbocycles. The van der Waals surface area contributed by atoms with Crippen LogP contribution in [0.3, 0.4) is 0 Å². The van der Waals surface area contributed by atoms with Crippen molar-refractivity contribution in [2.45, 2.75) is 32.1 Å². The summed E-state index contributed by atoms with van der Waals surface area (Å²) in [4.78, 5) is 13.4. The molecule has 0 aromatic heterocycles. The first-order valence-corrected chi connectivity index (χ1v) is 5.59. The van der Waals surface area contributed by atoms with Crippen LogP contribution in [0.2, 0.25) is 0 Å². The van der Waals surface area contributed by atoms with E-state index in [9.17, 15) is 4.79 Å². The second kappa shape index (κ2) is 2.41. The number of likely N-dealkylation sites (tertiary alicyclic amines) is 1. The SMILES string of the molecule is C=CC(=O)N1CCC2(C1)CC1(CC1)C2. The molecule has 0 radical (unpaired) electrons. The summed E-state index contributed by atoms with van der Waals surface area (Å²) in [6, 6.07) is 0. The predicted molar refractivity (Wildman–Crippen MR) is 54.7 cm³/mol. The van der Waals surface area contributed by atoms with E-state index in [-0.39, 0.29) is 5.91 Å². The third kappa shape index (κ3) is 1.06. The first-order valence-electron chi connectivity index (χ1n) is 5.59. The van der Waals surface area contributed by atoms with Crippen molar-refractivity contribution >= 4 is 5.91 Å². The largest absolute Gasteiger partial charge is 0.339 e. The van der Waals surface area contributed by atoms with Gasteiger partial charge in [0.2, 0.25) is 5.91 Å². The highest BCUT2D eigenvalue weighted by Crippen LogP contribution is 2.70. The molecule has 2 heteroatoms. The van der Waals surface area contributed by atoms with Crippen molar-refractivity contribution in [3.05, 3.63) is 12.7 Å². The Balaban J connectivity index is 1.65. The molecule has 0 N–H and O–H groups in total. The Hall–Kier alpha value is -0.790. The molecule has 0 bridgehead atoms. The second-order valence-electron chi connectivity index (χ2n) is 5.57. The number of carbonyl (C=O) groups excluding carboxylic acids is 1. The van der Waals surface area contributed by atoms with Crippen molar-refractivity contribution in [2.24, 2.45) is 10.8 Å². The number of hydrogen-bond acceptors (Lipinski definition) is 1. The normalized spacial score (nSPS) is 30.4. The van der Waals surface area contributed by atoms with Crippen LogP contribution in [0.4, 0.5) is 0 Å². The van der Waals surface area contributed by atoms with Gasteiger partial charge in [-0.05, 0) is 49.0 Å². The van der Waals surface area contributed by atoms with Gasteiger partial charge in [0, 0.05) is 13.1 Å². The summed E-state index contributed by atoms with van der Waals surface area (Å²) in [6.07, 6.45) is 8.36. The zero-order valence-electron chi connectivity index (χ0n) is 8.59. The highest BCUT2D eigenvalue weighted by atomic mass is 16.2. The Morgan fingerprint density at radius 3 is 2.50 bits per heavy atom. The molecule has 1 aliphatic heterocycles. The molecule has 3 rings (SSSR count). The van der Waals surface area contributed by atoms with Crippen molar-refractivity contribution in [1.82, 2.24) is 4.90 Å². The maximum absolute atomic E-state index is 11.4. The minimum Gasteiger partial charge on any atom is -0.339 e. The number of rotatable bonds is 1. The summed E-state index contributed by atoms with van der Waals surface area (Å²) >= 11 is 0. The van der Waals surface area contributed by atoms with Crippen LogP contribution >= 0.6 is 0 Å². The van der Waals surface area contributed by atoms with E-state index in [0.29, 0.717) is 5.41 Å². The van der Waals surface area contributed by atoms with E-state index in [1.807, 2.05) is 4.90 Å². The summed E-state index contributed by atoms with van der Waals surface area (Å²) in [5, 5.41) is 0. The molecule has 1 saturated heterocycles. The minimum absolute atomic E-state index is 0.124.